The molecule has 1 aliphatic carbocycles. The lowest BCUT2D eigenvalue weighted by molar-refractivity contribution is 0.0986. The van der Waals surface area contributed by atoms with Crippen molar-refractivity contribution in [2.24, 2.45) is 0 Å². The average molecular weight is 489 g/mol. The molecule has 2 N–H and O–H groups in total. The van der Waals surface area contributed by atoms with Crippen molar-refractivity contribution >= 4 is 26.7 Å². The lowest BCUT2D eigenvalue weighted by Gasteiger charge is -2.41. The summed E-state index contributed by atoms with van der Waals surface area (Å²) in [5.74, 6) is 0.726. The van der Waals surface area contributed by atoms with E-state index in [4.69, 9.17) is 9.84 Å². The molecule has 0 bridgehead atoms. The highest BCUT2D eigenvalue weighted by molar-refractivity contribution is 7.89. The van der Waals surface area contributed by atoms with E-state index in [0.29, 0.717) is 30.7 Å². The quantitative estimate of drug-likeness (QED) is 0.499. The first-order valence-corrected chi connectivity index (χ1v) is 13.4. The molecule has 10 nitrogen and oxygen atoms in total. The van der Waals surface area contributed by atoms with Crippen LogP contribution in [0.2, 0.25) is 0 Å². The van der Waals surface area contributed by atoms with Crippen LogP contribution < -0.4 is 5.32 Å². The Morgan fingerprint density at radius 3 is 2.59 bits per heavy atom. The summed E-state index contributed by atoms with van der Waals surface area (Å²) in [5.41, 5.74) is 1.41. The second kappa shape index (κ2) is 11.4. The molecule has 1 aromatic carbocycles. The Hall–Kier alpha value is -2.36. The molecule has 1 aliphatic heterocycles. The van der Waals surface area contributed by atoms with Crippen LogP contribution in [0.1, 0.15) is 31.2 Å². The van der Waals surface area contributed by atoms with Crippen molar-refractivity contribution in [1.29, 1.82) is 5.26 Å². The third kappa shape index (κ3) is 6.00. The van der Waals surface area contributed by atoms with Crippen LogP contribution >= 0.6 is 0 Å². The SMILES string of the molecule is N#Cc1ccc2ncnc(N[C@H]3CC[C@@H](N4CCN(S(=O)(=O)CCOCCO)CC4)CC3)c2c1. The van der Waals surface area contributed by atoms with Gasteiger partial charge >= 0.3 is 0 Å². The molecule has 1 saturated heterocycles. The number of rotatable bonds is 9. The highest BCUT2D eigenvalue weighted by Gasteiger charge is 2.32. The van der Waals surface area contributed by atoms with E-state index >= 15 is 0 Å². The zero-order chi connectivity index (χ0) is 24.0. The zero-order valence-electron chi connectivity index (χ0n) is 19.3. The van der Waals surface area contributed by atoms with Gasteiger partial charge in [0.15, 0.2) is 0 Å². The van der Waals surface area contributed by atoms with Gasteiger partial charge in [0.05, 0.1) is 42.7 Å². The number of nitrogens with one attached hydrogen (secondary N) is 1. The number of fused-ring (bicyclic) bond motifs is 1. The molecule has 1 saturated carbocycles. The van der Waals surface area contributed by atoms with Crippen LogP contribution in [-0.2, 0) is 14.8 Å². The predicted molar refractivity (Wildman–Crippen MR) is 129 cm³/mol. The van der Waals surface area contributed by atoms with Gasteiger partial charge in [-0.25, -0.2) is 18.4 Å². The molecule has 2 aromatic rings. The Bertz CT molecular complexity index is 1110. The van der Waals surface area contributed by atoms with E-state index in [1.165, 1.54) is 0 Å². The molecule has 11 heteroatoms. The molecule has 2 aliphatic rings. The number of benzene rings is 1. The molecule has 2 heterocycles. The fraction of sp³-hybridized carbons (Fsp3) is 0.609. The van der Waals surface area contributed by atoms with Crippen molar-refractivity contribution in [3.8, 4) is 6.07 Å². The van der Waals surface area contributed by atoms with E-state index in [-0.39, 0.29) is 25.6 Å². The molecule has 0 amide bonds. The fourth-order valence-corrected chi connectivity index (χ4v) is 6.13. The molecule has 0 radical (unpaired) electrons. The summed E-state index contributed by atoms with van der Waals surface area (Å²) in [6.07, 6.45) is 5.66. The average Bonchev–Trinajstić information content (AvgIpc) is 2.87. The zero-order valence-corrected chi connectivity index (χ0v) is 20.1. The van der Waals surface area contributed by atoms with Crippen LogP contribution in [0.3, 0.4) is 0 Å². The third-order valence-electron chi connectivity index (χ3n) is 6.71. The minimum absolute atomic E-state index is 0.0443. The third-order valence-corrected chi connectivity index (χ3v) is 8.54. The summed E-state index contributed by atoms with van der Waals surface area (Å²) < 4.78 is 31.7. The largest absolute Gasteiger partial charge is 0.394 e. The number of hydrogen-bond acceptors (Lipinski definition) is 9. The van der Waals surface area contributed by atoms with Gasteiger partial charge in [-0.05, 0) is 43.9 Å². The lowest BCUT2D eigenvalue weighted by Crippen LogP contribution is -2.53. The number of hydrogen-bond donors (Lipinski definition) is 2. The van der Waals surface area contributed by atoms with E-state index in [0.717, 1.165) is 55.5 Å². The summed E-state index contributed by atoms with van der Waals surface area (Å²) in [6, 6.07) is 8.38. The standard InChI is InChI=1S/C23H32N6O4S/c24-16-18-1-6-22-21(15-18)23(26-17-25-22)27-19-2-4-20(5-3-19)28-7-9-29(10-8-28)34(31,32)14-13-33-12-11-30/h1,6,15,17,19-20,30H,2-5,7-14H2,(H,25,26,27)/t19-,20+. The Morgan fingerprint density at radius 1 is 1.12 bits per heavy atom. The monoisotopic (exact) mass is 488 g/mol. The van der Waals surface area contributed by atoms with E-state index in [1.807, 2.05) is 12.1 Å². The van der Waals surface area contributed by atoms with Crippen LogP contribution in [0.5, 0.6) is 0 Å². The molecule has 184 valence electrons. The number of nitrogens with zero attached hydrogens (tertiary/aromatic N) is 5. The van der Waals surface area contributed by atoms with Gasteiger partial charge in [0.1, 0.15) is 12.1 Å². The van der Waals surface area contributed by atoms with Gasteiger partial charge in [0.25, 0.3) is 0 Å². The van der Waals surface area contributed by atoms with Crippen LogP contribution in [0, 0.1) is 11.3 Å². The molecule has 0 atom stereocenters. The smallest absolute Gasteiger partial charge is 0.216 e. The van der Waals surface area contributed by atoms with Crippen molar-refractivity contribution in [3.05, 3.63) is 30.1 Å². The Morgan fingerprint density at radius 2 is 1.88 bits per heavy atom. The Balaban J connectivity index is 1.26. The molecule has 34 heavy (non-hydrogen) atoms. The molecule has 1 aromatic heterocycles. The van der Waals surface area contributed by atoms with Gasteiger partial charge < -0.3 is 15.2 Å². The molecule has 0 unspecified atom stereocenters. The van der Waals surface area contributed by atoms with Crippen LogP contribution in [-0.4, -0.2) is 96.5 Å². The normalized spacial score (nSPS) is 22.5. The minimum atomic E-state index is -3.33. The molecular weight excluding hydrogens is 456 g/mol. The Kier molecular flexibility index (Phi) is 8.28. The lowest BCUT2D eigenvalue weighted by atomic mass is 9.89. The number of sulfonamides is 1. The molecular formula is C23H32N6O4S. The summed E-state index contributed by atoms with van der Waals surface area (Å²) in [5, 5.41) is 22.4. The van der Waals surface area contributed by atoms with Gasteiger partial charge in [-0.3, -0.25) is 4.90 Å². The van der Waals surface area contributed by atoms with Gasteiger partial charge in [-0.15, -0.1) is 0 Å². The first kappa shape index (κ1) is 24.8. The fourth-order valence-electron chi connectivity index (χ4n) is 4.83. The topological polar surface area (TPSA) is 132 Å². The maximum absolute atomic E-state index is 12.5. The van der Waals surface area contributed by atoms with Crippen LogP contribution in [0.25, 0.3) is 10.9 Å². The van der Waals surface area contributed by atoms with Crippen molar-refractivity contribution in [3.63, 3.8) is 0 Å². The van der Waals surface area contributed by atoms with E-state index in [1.54, 1.807) is 16.7 Å². The second-order valence-electron chi connectivity index (χ2n) is 8.80. The molecule has 2 fully saturated rings. The summed E-state index contributed by atoms with van der Waals surface area (Å²) >= 11 is 0. The van der Waals surface area contributed by atoms with Gasteiger partial charge in [-0.2, -0.15) is 9.57 Å². The number of aliphatic hydroxyl groups excluding tert-OH is 1. The molecule has 4 rings (SSSR count). The van der Waals surface area contributed by atoms with Crippen LogP contribution in [0.4, 0.5) is 5.82 Å². The second-order valence-corrected chi connectivity index (χ2v) is 10.9. The first-order valence-electron chi connectivity index (χ1n) is 11.8. The van der Waals surface area contributed by atoms with Crippen molar-refractivity contribution in [1.82, 2.24) is 19.2 Å². The molecule has 0 spiro atoms. The van der Waals surface area contributed by atoms with Crippen molar-refractivity contribution < 1.29 is 18.3 Å². The maximum Gasteiger partial charge on any atom is 0.216 e. The highest BCUT2D eigenvalue weighted by atomic mass is 32.2. The van der Waals surface area contributed by atoms with E-state index in [9.17, 15) is 13.7 Å². The van der Waals surface area contributed by atoms with E-state index in [2.05, 4.69) is 26.3 Å². The van der Waals surface area contributed by atoms with E-state index < -0.39 is 10.0 Å². The van der Waals surface area contributed by atoms with Crippen molar-refractivity contribution in [2.45, 2.75) is 37.8 Å². The summed E-state index contributed by atoms with van der Waals surface area (Å²) in [7, 11) is -3.33. The van der Waals surface area contributed by atoms with Crippen LogP contribution in [0.15, 0.2) is 24.5 Å². The summed E-state index contributed by atoms with van der Waals surface area (Å²) in [6.45, 7) is 2.67. The number of piperazine rings is 1. The predicted octanol–water partition coefficient (Wildman–Crippen LogP) is 1.18. The van der Waals surface area contributed by atoms with Gasteiger partial charge in [0, 0.05) is 43.6 Å². The van der Waals surface area contributed by atoms with Crippen molar-refractivity contribution in [2.75, 3.05) is 57.1 Å². The highest BCUT2D eigenvalue weighted by Crippen LogP contribution is 2.28. The minimum Gasteiger partial charge on any atom is -0.394 e. The summed E-state index contributed by atoms with van der Waals surface area (Å²) in [4.78, 5) is 11.1. The number of anilines is 1. The number of aromatic nitrogens is 2. The van der Waals surface area contributed by atoms with Gasteiger partial charge in [-0.1, -0.05) is 0 Å². The number of aliphatic hydroxyl groups is 1. The number of ether oxygens (including phenoxy) is 1. The number of nitriles is 1. The maximum atomic E-state index is 12.5. The Labute approximate surface area is 200 Å². The van der Waals surface area contributed by atoms with Gasteiger partial charge in [0.2, 0.25) is 10.0 Å². The first-order chi connectivity index (χ1) is 16.5.